The Hall–Kier alpha value is -1.80. The second-order valence-corrected chi connectivity index (χ2v) is 2.87. The number of carbonyl (C=O) groups excluding carboxylic acids is 1. The van der Waals surface area contributed by atoms with Crippen LogP contribution in [-0.4, -0.2) is 5.91 Å². The third-order valence-corrected chi connectivity index (χ3v) is 1.60. The van der Waals surface area contributed by atoms with Crippen LogP contribution in [0.25, 0.3) is 10.4 Å². The molecule has 4 nitrogen and oxygen atoms in total. The molecule has 0 fully saturated rings. The Morgan fingerprint density at radius 1 is 1.31 bits per heavy atom. The molecule has 0 saturated carbocycles. The lowest BCUT2D eigenvalue weighted by Crippen LogP contribution is -1.94. The first-order valence-corrected chi connectivity index (χ1v) is 3.81. The molecule has 4 heteroatoms. The number of hydrogen-bond donors (Lipinski definition) is 0. The number of rotatable bonds is 1. The predicted molar refractivity (Wildman–Crippen MR) is 49.4 cm³/mol. The van der Waals surface area contributed by atoms with Crippen molar-refractivity contribution in [3.63, 3.8) is 0 Å². The van der Waals surface area contributed by atoms with Crippen LogP contribution in [0, 0.1) is 13.8 Å². The second-order valence-electron chi connectivity index (χ2n) is 2.87. The lowest BCUT2D eigenvalue weighted by molar-refractivity contribution is 0.1000. The van der Waals surface area contributed by atoms with Gasteiger partial charge in [-0.3, -0.25) is 4.79 Å². The van der Waals surface area contributed by atoms with Crippen molar-refractivity contribution in [2.45, 2.75) is 13.8 Å². The van der Waals surface area contributed by atoms with Gasteiger partial charge >= 0.3 is 0 Å². The fraction of sp³-hybridized carbons (Fsp3) is 0.222. The topological polar surface area (TPSA) is 65.8 Å². The van der Waals surface area contributed by atoms with E-state index in [1.807, 2.05) is 19.9 Å². The van der Waals surface area contributed by atoms with Gasteiger partial charge in [-0.25, -0.2) is 0 Å². The summed E-state index contributed by atoms with van der Waals surface area (Å²) in [6.07, 6.45) is 0. The molecule has 1 aromatic rings. The molecule has 0 atom stereocenters. The van der Waals surface area contributed by atoms with Gasteiger partial charge in [-0.1, -0.05) is 17.2 Å². The molecule has 0 N–H and O–H groups in total. The van der Waals surface area contributed by atoms with Crippen molar-refractivity contribution in [3.05, 3.63) is 45.3 Å². The van der Waals surface area contributed by atoms with Gasteiger partial charge in [0.2, 0.25) is 5.91 Å². The number of nitrogens with zero attached hydrogens (tertiary/aromatic N) is 3. The van der Waals surface area contributed by atoms with E-state index in [-0.39, 0.29) is 0 Å². The smallest absolute Gasteiger partial charge is 0.249 e. The molecular weight excluding hydrogens is 166 g/mol. The largest absolute Gasteiger partial charge is 0.287 e. The SMILES string of the molecule is Cc1cc(C)cc(C(=O)N=[N+]=[N-])c1. The van der Waals surface area contributed by atoms with Gasteiger partial charge in [-0.2, -0.15) is 0 Å². The monoisotopic (exact) mass is 175 g/mol. The molecule has 0 unspecified atom stereocenters. The van der Waals surface area contributed by atoms with Crippen LogP contribution in [-0.2, 0) is 0 Å². The fourth-order valence-electron chi connectivity index (χ4n) is 1.20. The van der Waals surface area contributed by atoms with E-state index in [1.54, 1.807) is 12.1 Å². The average molecular weight is 175 g/mol. The molecule has 0 aliphatic heterocycles. The minimum atomic E-state index is -0.533. The van der Waals surface area contributed by atoms with Crippen molar-refractivity contribution < 1.29 is 4.79 Å². The Bertz CT molecular complexity index is 372. The van der Waals surface area contributed by atoms with Crippen LogP contribution in [0.15, 0.2) is 23.3 Å². The molecule has 0 aromatic heterocycles. The zero-order chi connectivity index (χ0) is 9.84. The summed E-state index contributed by atoms with van der Waals surface area (Å²) in [4.78, 5) is 13.6. The maximum Gasteiger partial charge on any atom is 0.249 e. The van der Waals surface area contributed by atoms with E-state index >= 15 is 0 Å². The lowest BCUT2D eigenvalue weighted by atomic mass is 10.1. The van der Waals surface area contributed by atoms with Crippen LogP contribution in [0.3, 0.4) is 0 Å². The van der Waals surface area contributed by atoms with Crippen LogP contribution in [0.5, 0.6) is 0 Å². The van der Waals surface area contributed by atoms with Crippen molar-refractivity contribution in [2.75, 3.05) is 0 Å². The Labute approximate surface area is 75.8 Å². The number of amides is 1. The van der Waals surface area contributed by atoms with Gasteiger partial charge in [-0.05, 0) is 36.6 Å². The van der Waals surface area contributed by atoms with E-state index in [4.69, 9.17) is 5.53 Å². The minimum absolute atomic E-state index is 0.440. The number of benzene rings is 1. The van der Waals surface area contributed by atoms with Crippen LogP contribution in [0.4, 0.5) is 0 Å². The third kappa shape index (κ3) is 2.32. The molecule has 0 saturated heterocycles. The first kappa shape index (κ1) is 9.29. The van der Waals surface area contributed by atoms with Crippen LogP contribution >= 0.6 is 0 Å². The van der Waals surface area contributed by atoms with Crippen LogP contribution in [0.1, 0.15) is 21.5 Å². The Balaban J connectivity index is 3.15. The molecule has 0 radical (unpaired) electrons. The molecule has 0 bridgehead atoms. The zero-order valence-corrected chi connectivity index (χ0v) is 7.48. The van der Waals surface area contributed by atoms with E-state index in [2.05, 4.69) is 10.0 Å². The number of aryl methyl sites for hydroxylation is 2. The van der Waals surface area contributed by atoms with Gasteiger partial charge in [-0.15, -0.1) is 0 Å². The zero-order valence-electron chi connectivity index (χ0n) is 7.48. The Kier molecular flexibility index (Phi) is 2.67. The first-order valence-electron chi connectivity index (χ1n) is 3.81. The molecule has 0 aliphatic carbocycles. The molecule has 1 rings (SSSR count). The van der Waals surface area contributed by atoms with Gasteiger partial charge in [0.05, 0.1) is 0 Å². The van der Waals surface area contributed by atoms with Gasteiger partial charge in [0.25, 0.3) is 0 Å². The standard InChI is InChI=1S/C9H9N3O/c1-6-3-7(2)5-8(4-6)9(13)11-12-10/h3-5H,1-2H3. The average Bonchev–Trinajstić information content (AvgIpc) is 2.03. The maximum absolute atomic E-state index is 11.1. The molecule has 0 aliphatic rings. The predicted octanol–water partition coefficient (Wildman–Crippen LogP) is 2.75. The fourth-order valence-corrected chi connectivity index (χ4v) is 1.20. The number of azide groups is 1. The molecule has 1 amide bonds. The number of carbonyl (C=O) groups is 1. The Morgan fingerprint density at radius 2 is 1.85 bits per heavy atom. The third-order valence-electron chi connectivity index (χ3n) is 1.60. The summed E-state index contributed by atoms with van der Waals surface area (Å²) >= 11 is 0. The highest BCUT2D eigenvalue weighted by Crippen LogP contribution is 2.09. The van der Waals surface area contributed by atoms with Gasteiger partial charge in [0, 0.05) is 10.5 Å². The van der Waals surface area contributed by atoms with Crippen molar-refractivity contribution in [1.82, 2.24) is 0 Å². The molecule has 0 heterocycles. The summed E-state index contributed by atoms with van der Waals surface area (Å²) < 4.78 is 0. The van der Waals surface area contributed by atoms with Gasteiger partial charge in [0.1, 0.15) is 0 Å². The van der Waals surface area contributed by atoms with E-state index in [0.717, 1.165) is 11.1 Å². The normalized spacial score (nSPS) is 9.08. The lowest BCUT2D eigenvalue weighted by Gasteiger charge is -1.99. The molecule has 66 valence electrons. The van der Waals surface area contributed by atoms with Crippen molar-refractivity contribution in [1.29, 1.82) is 0 Å². The summed E-state index contributed by atoms with van der Waals surface area (Å²) in [6, 6.07) is 5.35. The van der Waals surface area contributed by atoms with Gasteiger partial charge < -0.3 is 0 Å². The maximum atomic E-state index is 11.1. The second kappa shape index (κ2) is 3.74. The summed E-state index contributed by atoms with van der Waals surface area (Å²) in [5.41, 5.74) is 10.5. The highest BCUT2D eigenvalue weighted by Gasteiger charge is 2.03. The van der Waals surface area contributed by atoms with E-state index in [9.17, 15) is 4.79 Å². The summed E-state index contributed by atoms with van der Waals surface area (Å²) in [7, 11) is 0. The first-order chi connectivity index (χ1) is 6.13. The summed E-state index contributed by atoms with van der Waals surface area (Å²) in [5.74, 6) is -0.533. The minimum Gasteiger partial charge on any atom is -0.287 e. The van der Waals surface area contributed by atoms with E-state index in [0.29, 0.717) is 5.56 Å². The highest BCUT2D eigenvalue weighted by molar-refractivity contribution is 5.95. The van der Waals surface area contributed by atoms with Crippen LogP contribution in [0.2, 0.25) is 0 Å². The summed E-state index contributed by atoms with van der Waals surface area (Å²) in [6.45, 7) is 3.78. The molecular formula is C9H9N3O. The quantitative estimate of drug-likeness (QED) is 0.367. The van der Waals surface area contributed by atoms with Crippen molar-refractivity contribution in [2.24, 2.45) is 5.11 Å². The van der Waals surface area contributed by atoms with Gasteiger partial charge in [0.15, 0.2) is 0 Å². The van der Waals surface area contributed by atoms with Crippen LogP contribution < -0.4 is 0 Å². The Morgan fingerprint density at radius 3 is 2.31 bits per heavy atom. The molecule has 13 heavy (non-hydrogen) atoms. The summed E-state index contributed by atoms with van der Waals surface area (Å²) in [5, 5.41) is 3.02. The molecule has 0 spiro atoms. The van der Waals surface area contributed by atoms with Crippen molar-refractivity contribution in [3.8, 4) is 0 Å². The van der Waals surface area contributed by atoms with Crippen molar-refractivity contribution >= 4 is 5.91 Å². The molecule has 1 aromatic carbocycles. The van der Waals surface area contributed by atoms with E-state index < -0.39 is 5.91 Å². The highest BCUT2D eigenvalue weighted by atomic mass is 16.1. The number of hydrogen-bond acceptors (Lipinski definition) is 1. The van der Waals surface area contributed by atoms with E-state index in [1.165, 1.54) is 0 Å².